The minimum Gasteiger partial charge on any atom is -0.372 e. The number of aromatic nitrogens is 3. The third kappa shape index (κ3) is 3.29. The molecule has 0 bridgehead atoms. The van der Waals surface area contributed by atoms with Crippen molar-refractivity contribution in [2.75, 3.05) is 41.8 Å². The molecule has 0 aromatic carbocycles. The summed E-state index contributed by atoms with van der Waals surface area (Å²) in [4.78, 5) is 17.2. The van der Waals surface area contributed by atoms with Crippen LogP contribution in [0, 0.1) is 5.82 Å². The van der Waals surface area contributed by atoms with E-state index >= 15 is 0 Å². The van der Waals surface area contributed by atoms with E-state index in [0.717, 1.165) is 25.5 Å². The zero-order valence-electron chi connectivity index (χ0n) is 13.0. The minimum atomic E-state index is -0.324. The summed E-state index contributed by atoms with van der Waals surface area (Å²) in [6, 6.07) is 3.33. The SMILES string of the molecule is CNc1nc(N2CCN(c3ccc(F)cn3)CC2C)ncc1Cl. The van der Waals surface area contributed by atoms with Gasteiger partial charge in [0.25, 0.3) is 0 Å². The predicted molar refractivity (Wildman–Crippen MR) is 89.8 cm³/mol. The highest BCUT2D eigenvalue weighted by atomic mass is 35.5. The first-order valence-corrected chi connectivity index (χ1v) is 7.79. The van der Waals surface area contributed by atoms with E-state index in [1.807, 2.05) is 0 Å². The van der Waals surface area contributed by atoms with E-state index in [1.165, 1.54) is 12.3 Å². The van der Waals surface area contributed by atoms with Crippen LogP contribution in [-0.4, -0.2) is 47.7 Å². The molecule has 8 heteroatoms. The molecule has 1 unspecified atom stereocenters. The maximum atomic E-state index is 13.0. The van der Waals surface area contributed by atoms with Crippen molar-refractivity contribution in [1.29, 1.82) is 0 Å². The van der Waals surface area contributed by atoms with Crippen LogP contribution in [0.4, 0.5) is 22.0 Å². The second-order valence-electron chi connectivity index (χ2n) is 5.44. The van der Waals surface area contributed by atoms with Crippen LogP contribution in [0.5, 0.6) is 0 Å². The highest BCUT2D eigenvalue weighted by Crippen LogP contribution is 2.24. The summed E-state index contributed by atoms with van der Waals surface area (Å²) in [6.07, 6.45) is 2.85. The van der Waals surface area contributed by atoms with Gasteiger partial charge < -0.3 is 15.1 Å². The maximum absolute atomic E-state index is 13.0. The summed E-state index contributed by atoms with van der Waals surface area (Å²) >= 11 is 6.03. The molecule has 3 heterocycles. The molecule has 1 aliphatic heterocycles. The first kappa shape index (κ1) is 15.7. The fourth-order valence-corrected chi connectivity index (χ4v) is 2.87. The number of piperazine rings is 1. The predicted octanol–water partition coefficient (Wildman–Crippen LogP) is 2.42. The summed E-state index contributed by atoms with van der Waals surface area (Å²) in [5, 5.41) is 3.46. The lowest BCUT2D eigenvalue weighted by Gasteiger charge is -2.40. The lowest BCUT2D eigenvalue weighted by atomic mass is 10.2. The van der Waals surface area contributed by atoms with Crippen molar-refractivity contribution in [1.82, 2.24) is 15.0 Å². The van der Waals surface area contributed by atoms with Crippen LogP contribution in [0.15, 0.2) is 24.5 Å². The smallest absolute Gasteiger partial charge is 0.227 e. The van der Waals surface area contributed by atoms with Crippen molar-refractivity contribution in [3.63, 3.8) is 0 Å². The molecule has 122 valence electrons. The Morgan fingerprint density at radius 1 is 1.26 bits per heavy atom. The standard InChI is InChI=1S/C15H18ClFN6/c1-10-9-22(13-4-3-11(17)7-19-13)5-6-23(10)15-20-8-12(16)14(18-2)21-15/h3-4,7-8,10H,5-6,9H2,1-2H3,(H,18,20,21). The Labute approximate surface area is 139 Å². The number of anilines is 3. The number of rotatable bonds is 3. The van der Waals surface area contributed by atoms with E-state index in [4.69, 9.17) is 11.6 Å². The van der Waals surface area contributed by atoms with Gasteiger partial charge in [-0.05, 0) is 19.1 Å². The Bertz CT molecular complexity index is 680. The molecule has 1 saturated heterocycles. The number of pyridine rings is 1. The minimum absolute atomic E-state index is 0.196. The van der Waals surface area contributed by atoms with Gasteiger partial charge in [0.1, 0.15) is 22.5 Å². The zero-order valence-corrected chi connectivity index (χ0v) is 13.8. The lowest BCUT2D eigenvalue weighted by Crippen LogP contribution is -2.53. The number of hydrogen-bond donors (Lipinski definition) is 1. The van der Waals surface area contributed by atoms with Gasteiger partial charge in [0.15, 0.2) is 0 Å². The Balaban J connectivity index is 1.75. The van der Waals surface area contributed by atoms with Crippen molar-refractivity contribution < 1.29 is 4.39 Å². The van der Waals surface area contributed by atoms with E-state index in [-0.39, 0.29) is 11.9 Å². The van der Waals surface area contributed by atoms with Gasteiger partial charge in [-0.2, -0.15) is 4.98 Å². The van der Waals surface area contributed by atoms with Gasteiger partial charge >= 0.3 is 0 Å². The Kier molecular flexibility index (Phi) is 4.47. The van der Waals surface area contributed by atoms with E-state index in [0.29, 0.717) is 16.8 Å². The van der Waals surface area contributed by atoms with Crippen molar-refractivity contribution in [3.8, 4) is 0 Å². The quantitative estimate of drug-likeness (QED) is 0.929. The van der Waals surface area contributed by atoms with Gasteiger partial charge in [-0.1, -0.05) is 11.6 Å². The summed E-state index contributed by atoms with van der Waals surface area (Å²) in [5.74, 6) is 1.73. The molecular formula is C15H18ClFN6. The first-order chi connectivity index (χ1) is 11.1. The molecule has 6 nitrogen and oxygen atoms in total. The largest absolute Gasteiger partial charge is 0.372 e. The van der Waals surface area contributed by atoms with Gasteiger partial charge in [0.2, 0.25) is 5.95 Å². The third-order valence-corrected chi connectivity index (χ3v) is 4.16. The first-order valence-electron chi connectivity index (χ1n) is 7.42. The van der Waals surface area contributed by atoms with Crippen molar-refractivity contribution in [3.05, 3.63) is 35.4 Å². The van der Waals surface area contributed by atoms with E-state index < -0.39 is 0 Å². The van der Waals surface area contributed by atoms with Crippen LogP contribution < -0.4 is 15.1 Å². The lowest BCUT2D eigenvalue weighted by molar-refractivity contribution is 0.536. The molecule has 0 aliphatic carbocycles. The van der Waals surface area contributed by atoms with E-state index in [1.54, 1.807) is 19.3 Å². The second-order valence-corrected chi connectivity index (χ2v) is 5.85. The molecule has 1 atom stereocenters. The van der Waals surface area contributed by atoms with Gasteiger partial charge in [0.05, 0.1) is 12.4 Å². The maximum Gasteiger partial charge on any atom is 0.227 e. The van der Waals surface area contributed by atoms with Crippen molar-refractivity contribution >= 4 is 29.2 Å². The monoisotopic (exact) mass is 336 g/mol. The molecule has 0 radical (unpaired) electrons. The van der Waals surface area contributed by atoms with E-state index in [9.17, 15) is 4.39 Å². The molecule has 1 N–H and O–H groups in total. The van der Waals surface area contributed by atoms with E-state index in [2.05, 4.69) is 37.0 Å². The average Bonchev–Trinajstić information content (AvgIpc) is 2.56. The molecule has 2 aromatic rings. The molecule has 0 amide bonds. The number of hydrogen-bond acceptors (Lipinski definition) is 6. The van der Waals surface area contributed by atoms with Gasteiger partial charge in [0, 0.05) is 32.7 Å². The molecule has 1 aliphatic rings. The summed E-state index contributed by atoms with van der Waals surface area (Å²) in [5.41, 5.74) is 0. The normalized spacial score (nSPS) is 18.2. The van der Waals surface area contributed by atoms with Crippen molar-refractivity contribution in [2.45, 2.75) is 13.0 Å². The van der Waals surface area contributed by atoms with Crippen LogP contribution in [0.25, 0.3) is 0 Å². The molecule has 23 heavy (non-hydrogen) atoms. The second kappa shape index (κ2) is 6.54. The molecular weight excluding hydrogens is 319 g/mol. The molecule has 2 aromatic heterocycles. The topological polar surface area (TPSA) is 57.2 Å². The summed E-state index contributed by atoms with van der Waals surface area (Å²) in [7, 11) is 1.78. The Morgan fingerprint density at radius 3 is 2.74 bits per heavy atom. The van der Waals surface area contributed by atoms with Gasteiger partial charge in [-0.3, -0.25) is 0 Å². The number of halogens is 2. The number of nitrogens with one attached hydrogen (secondary N) is 1. The molecule has 3 rings (SSSR count). The molecule has 0 saturated carbocycles. The van der Waals surface area contributed by atoms with Gasteiger partial charge in [-0.15, -0.1) is 0 Å². The average molecular weight is 337 g/mol. The van der Waals surface area contributed by atoms with Crippen molar-refractivity contribution in [2.24, 2.45) is 0 Å². The number of nitrogens with zero attached hydrogens (tertiary/aromatic N) is 5. The Hall–Kier alpha value is -2.15. The fraction of sp³-hybridized carbons (Fsp3) is 0.400. The van der Waals surface area contributed by atoms with Crippen LogP contribution in [0.1, 0.15) is 6.92 Å². The van der Waals surface area contributed by atoms with Crippen LogP contribution in [0.2, 0.25) is 5.02 Å². The highest BCUT2D eigenvalue weighted by Gasteiger charge is 2.26. The summed E-state index contributed by atoms with van der Waals surface area (Å²) < 4.78 is 13.0. The molecule has 0 spiro atoms. The van der Waals surface area contributed by atoms with Crippen LogP contribution in [-0.2, 0) is 0 Å². The summed E-state index contributed by atoms with van der Waals surface area (Å²) in [6.45, 7) is 4.39. The van der Waals surface area contributed by atoms with Crippen LogP contribution in [0.3, 0.4) is 0 Å². The zero-order chi connectivity index (χ0) is 16.4. The molecule has 1 fully saturated rings. The van der Waals surface area contributed by atoms with Gasteiger partial charge in [-0.25, -0.2) is 14.4 Å². The third-order valence-electron chi connectivity index (χ3n) is 3.89. The highest BCUT2D eigenvalue weighted by molar-refractivity contribution is 6.32. The fourth-order valence-electron chi connectivity index (χ4n) is 2.69. The van der Waals surface area contributed by atoms with Crippen LogP contribution >= 0.6 is 11.6 Å². The Morgan fingerprint density at radius 2 is 2.09 bits per heavy atom.